The van der Waals surface area contributed by atoms with Crippen molar-refractivity contribution in [3.8, 4) is 0 Å². The molecule has 5 heteroatoms. The van der Waals surface area contributed by atoms with Gasteiger partial charge >= 0.3 is 5.97 Å². The lowest BCUT2D eigenvalue weighted by molar-refractivity contribution is -0.141. The van der Waals surface area contributed by atoms with E-state index >= 15 is 0 Å². The second-order valence-corrected chi connectivity index (χ2v) is 4.99. The van der Waals surface area contributed by atoms with Gasteiger partial charge in [0.05, 0.1) is 5.92 Å². The molecule has 1 aliphatic carbocycles. The first-order valence-corrected chi connectivity index (χ1v) is 6.25. The molecule has 1 rings (SSSR count). The van der Waals surface area contributed by atoms with Crippen LogP contribution in [0, 0.1) is 11.8 Å². The zero-order chi connectivity index (χ0) is 12.8. The lowest BCUT2D eigenvalue weighted by atomic mass is 10.1. The summed E-state index contributed by atoms with van der Waals surface area (Å²) in [5, 5.41) is 11.7. The summed E-state index contributed by atoms with van der Waals surface area (Å²) >= 11 is 0. The predicted molar refractivity (Wildman–Crippen MR) is 64.4 cm³/mol. The van der Waals surface area contributed by atoms with Crippen molar-refractivity contribution in [3.63, 3.8) is 0 Å². The predicted octanol–water partition coefficient (Wildman–Crippen LogP) is 0.731. The van der Waals surface area contributed by atoms with Gasteiger partial charge in [-0.2, -0.15) is 0 Å². The first-order valence-electron chi connectivity index (χ1n) is 6.25. The Morgan fingerprint density at radius 3 is 2.71 bits per heavy atom. The molecule has 0 aromatic rings. The molecule has 0 saturated heterocycles. The Labute approximate surface area is 102 Å². The van der Waals surface area contributed by atoms with Crippen molar-refractivity contribution in [1.29, 1.82) is 0 Å². The Kier molecular flexibility index (Phi) is 5.41. The first-order chi connectivity index (χ1) is 8.02. The van der Waals surface area contributed by atoms with Crippen LogP contribution in [0.5, 0.6) is 0 Å². The molecule has 17 heavy (non-hydrogen) atoms. The highest BCUT2D eigenvalue weighted by Crippen LogP contribution is 2.25. The van der Waals surface area contributed by atoms with Crippen molar-refractivity contribution < 1.29 is 14.7 Å². The smallest absolute Gasteiger partial charge is 0.306 e. The van der Waals surface area contributed by atoms with Crippen molar-refractivity contribution in [2.24, 2.45) is 17.6 Å². The standard InChI is InChI=1S/C12H22N2O3/c1-8(7-13)2-5-11(15)14-10-4-3-9(6-10)12(16)17/h8-10H,2-7,13H2,1H3,(H,14,15)(H,16,17). The molecule has 0 aliphatic heterocycles. The molecule has 0 aromatic carbocycles. The minimum absolute atomic E-state index is 0.0151. The van der Waals surface area contributed by atoms with Crippen LogP contribution in [0.2, 0.25) is 0 Å². The molecular formula is C12H22N2O3. The minimum atomic E-state index is -0.751. The van der Waals surface area contributed by atoms with E-state index in [4.69, 9.17) is 10.8 Å². The van der Waals surface area contributed by atoms with Crippen LogP contribution >= 0.6 is 0 Å². The molecule has 0 spiro atoms. The average Bonchev–Trinajstić information content (AvgIpc) is 2.74. The third-order valence-electron chi connectivity index (χ3n) is 3.41. The summed E-state index contributed by atoms with van der Waals surface area (Å²) in [6, 6.07) is 0.0387. The van der Waals surface area contributed by atoms with Crippen LogP contribution in [0.4, 0.5) is 0 Å². The molecular weight excluding hydrogens is 220 g/mol. The fourth-order valence-corrected chi connectivity index (χ4v) is 2.13. The number of amides is 1. The third-order valence-corrected chi connectivity index (χ3v) is 3.41. The molecule has 1 aliphatic rings. The Bertz CT molecular complexity index is 281. The highest BCUT2D eigenvalue weighted by molar-refractivity contribution is 5.76. The lowest BCUT2D eigenvalue weighted by Gasteiger charge is -2.13. The number of nitrogens with one attached hydrogen (secondary N) is 1. The number of rotatable bonds is 6. The van der Waals surface area contributed by atoms with E-state index in [0.717, 1.165) is 12.8 Å². The maximum atomic E-state index is 11.6. The van der Waals surface area contributed by atoms with Crippen LogP contribution in [0.15, 0.2) is 0 Å². The quantitative estimate of drug-likeness (QED) is 0.640. The average molecular weight is 242 g/mol. The molecule has 0 radical (unpaired) electrons. The van der Waals surface area contributed by atoms with E-state index in [1.165, 1.54) is 0 Å². The SMILES string of the molecule is CC(CN)CCC(=O)NC1CCC(C(=O)O)C1. The van der Waals surface area contributed by atoms with Crippen molar-refractivity contribution in [2.45, 2.75) is 45.1 Å². The topological polar surface area (TPSA) is 92.4 Å². The summed E-state index contributed by atoms with van der Waals surface area (Å²) in [5.74, 6) is -0.667. The number of hydrogen-bond acceptors (Lipinski definition) is 3. The highest BCUT2D eigenvalue weighted by atomic mass is 16.4. The van der Waals surface area contributed by atoms with Gasteiger partial charge in [-0.25, -0.2) is 0 Å². The van der Waals surface area contributed by atoms with E-state index in [9.17, 15) is 9.59 Å². The maximum Gasteiger partial charge on any atom is 0.306 e. The Balaban J connectivity index is 2.22. The third kappa shape index (κ3) is 4.73. The van der Waals surface area contributed by atoms with Crippen LogP contribution in [0.25, 0.3) is 0 Å². The number of carbonyl (C=O) groups is 2. The second-order valence-electron chi connectivity index (χ2n) is 4.99. The van der Waals surface area contributed by atoms with Gasteiger partial charge in [0.2, 0.25) is 5.91 Å². The molecule has 3 unspecified atom stereocenters. The largest absolute Gasteiger partial charge is 0.481 e. The minimum Gasteiger partial charge on any atom is -0.481 e. The van der Waals surface area contributed by atoms with Crippen LogP contribution < -0.4 is 11.1 Å². The van der Waals surface area contributed by atoms with E-state index in [0.29, 0.717) is 31.7 Å². The van der Waals surface area contributed by atoms with Gasteiger partial charge in [-0.1, -0.05) is 6.92 Å². The fraction of sp³-hybridized carbons (Fsp3) is 0.833. The number of aliphatic carboxylic acids is 1. The van der Waals surface area contributed by atoms with Crippen molar-refractivity contribution in [2.75, 3.05) is 6.54 Å². The van der Waals surface area contributed by atoms with Crippen molar-refractivity contribution in [1.82, 2.24) is 5.32 Å². The lowest BCUT2D eigenvalue weighted by Crippen LogP contribution is -2.33. The first kappa shape index (κ1) is 14.0. The maximum absolute atomic E-state index is 11.6. The number of carboxylic acid groups (broad SMARTS) is 1. The van der Waals surface area contributed by atoms with E-state index < -0.39 is 5.97 Å². The van der Waals surface area contributed by atoms with Crippen LogP contribution in [-0.4, -0.2) is 29.6 Å². The molecule has 3 atom stereocenters. The van der Waals surface area contributed by atoms with Gasteiger partial charge in [0.15, 0.2) is 0 Å². The normalized spacial score (nSPS) is 25.5. The number of carboxylic acids is 1. The molecule has 0 bridgehead atoms. The van der Waals surface area contributed by atoms with Crippen molar-refractivity contribution >= 4 is 11.9 Å². The molecule has 1 fully saturated rings. The van der Waals surface area contributed by atoms with Gasteiger partial charge in [0.1, 0.15) is 0 Å². The summed E-state index contributed by atoms with van der Waals surface area (Å²) in [6.45, 7) is 2.61. The van der Waals surface area contributed by atoms with Gasteiger partial charge in [0.25, 0.3) is 0 Å². The van der Waals surface area contributed by atoms with E-state index in [1.54, 1.807) is 0 Å². The van der Waals surface area contributed by atoms with E-state index in [2.05, 4.69) is 5.32 Å². The van der Waals surface area contributed by atoms with E-state index in [1.807, 2.05) is 6.92 Å². The monoisotopic (exact) mass is 242 g/mol. The summed E-state index contributed by atoms with van der Waals surface area (Å²) in [5.41, 5.74) is 5.48. The van der Waals surface area contributed by atoms with Gasteiger partial charge in [-0.05, 0) is 38.1 Å². The Morgan fingerprint density at radius 2 is 2.18 bits per heavy atom. The molecule has 1 saturated carbocycles. The zero-order valence-electron chi connectivity index (χ0n) is 10.3. The van der Waals surface area contributed by atoms with Gasteiger partial charge in [-0.3, -0.25) is 9.59 Å². The zero-order valence-corrected chi connectivity index (χ0v) is 10.3. The molecule has 0 aromatic heterocycles. The van der Waals surface area contributed by atoms with Gasteiger partial charge in [-0.15, -0.1) is 0 Å². The van der Waals surface area contributed by atoms with E-state index in [-0.39, 0.29) is 17.9 Å². The molecule has 4 N–H and O–H groups in total. The van der Waals surface area contributed by atoms with Crippen LogP contribution in [0.1, 0.15) is 39.0 Å². The number of carbonyl (C=O) groups excluding carboxylic acids is 1. The fourth-order valence-electron chi connectivity index (χ4n) is 2.13. The highest BCUT2D eigenvalue weighted by Gasteiger charge is 2.30. The molecule has 5 nitrogen and oxygen atoms in total. The summed E-state index contributed by atoms with van der Waals surface area (Å²) in [7, 11) is 0. The summed E-state index contributed by atoms with van der Waals surface area (Å²) in [6.07, 6.45) is 3.27. The summed E-state index contributed by atoms with van der Waals surface area (Å²) in [4.78, 5) is 22.4. The molecule has 0 heterocycles. The Hall–Kier alpha value is -1.10. The second kappa shape index (κ2) is 6.59. The summed E-state index contributed by atoms with van der Waals surface area (Å²) < 4.78 is 0. The van der Waals surface area contributed by atoms with Crippen LogP contribution in [-0.2, 0) is 9.59 Å². The number of nitrogens with two attached hydrogens (primary N) is 1. The van der Waals surface area contributed by atoms with Crippen LogP contribution in [0.3, 0.4) is 0 Å². The number of hydrogen-bond donors (Lipinski definition) is 3. The molecule has 1 amide bonds. The van der Waals surface area contributed by atoms with Gasteiger partial charge < -0.3 is 16.2 Å². The van der Waals surface area contributed by atoms with Crippen molar-refractivity contribution in [3.05, 3.63) is 0 Å². The van der Waals surface area contributed by atoms with Gasteiger partial charge in [0, 0.05) is 12.5 Å². The molecule has 98 valence electrons. The Morgan fingerprint density at radius 1 is 1.47 bits per heavy atom.